The number of carbonyl (C=O) groups excluding carboxylic acids is 2. The van der Waals surface area contributed by atoms with Gasteiger partial charge < -0.3 is 9.84 Å². The predicted octanol–water partition coefficient (Wildman–Crippen LogP) is 4.10. The van der Waals surface area contributed by atoms with Gasteiger partial charge in [-0.05, 0) is 25.3 Å². The quantitative estimate of drug-likeness (QED) is 0.495. The van der Waals surface area contributed by atoms with Crippen LogP contribution in [0.3, 0.4) is 0 Å². The average molecular weight is 373 g/mol. The highest BCUT2D eigenvalue weighted by molar-refractivity contribution is 5.95. The molecule has 0 aromatic heterocycles. The zero-order valence-electron chi connectivity index (χ0n) is 16.4. The molecule has 0 radical (unpaired) electrons. The number of rotatable bonds is 10. The van der Waals surface area contributed by atoms with E-state index in [4.69, 9.17) is 4.74 Å². The molecule has 1 aliphatic rings. The third-order valence-electron chi connectivity index (χ3n) is 5.08. The van der Waals surface area contributed by atoms with E-state index in [1.54, 1.807) is 6.92 Å². The Morgan fingerprint density at radius 3 is 2.63 bits per heavy atom. The fraction of sp³-hybridized carbons (Fsp3) is 0.545. The van der Waals surface area contributed by atoms with Gasteiger partial charge in [-0.3, -0.25) is 4.79 Å². The number of ether oxygens (including phenoxy) is 1. The molecule has 1 saturated heterocycles. The van der Waals surface area contributed by atoms with Gasteiger partial charge in [0, 0.05) is 0 Å². The molecule has 0 saturated carbocycles. The highest BCUT2D eigenvalue weighted by Crippen LogP contribution is 2.26. The van der Waals surface area contributed by atoms with Crippen LogP contribution in [-0.4, -0.2) is 40.8 Å². The number of nitrogens with zero attached hydrogens (tertiary/aromatic N) is 1. The molecule has 5 heteroatoms. The summed E-state index contributed by atoms with van der Waals surface area (Å²) in [4.78, 5) is 26.7. The van der Waals surface area contributed by atoms with Crippen LogP contribution >= 0.6 is 0 Å². The first-order valence-electron chi connectivity index (χ1n) is 9.82. The van der Waals surface area contributed by atoms with Gasteiger partial charge in [0.1, 0.15) is 6.61 Å². The lowest BCUT2D eigenvalue weighted by atomic mass is 9.89. The molecule has 1 fully saturated rings. The van der Waals surface area contributed by atoms with Gasteiger partial charge in [0.05, 0.1) is 18.1 Å². The summed E-state index contributed by atoms with van der Waals surface area (Å²) in [6.07, 6.45) is 3.53. The van der Waals surface area contributed by atoms with Crippen molar-refractivity contribution in [2.75, 3.05) is 6.61 Å². The van der Waals surface area contributed by atoms with Crippen molar-refractivity contribution < 1.29 is 19.4 Å². The highest BCUT2D eigenvalue weighted by Gasteiger charge is 2.42. The molecule has 5 nitrogen and oxygen atoms in total. The zero-order valence-corrected chi connectivity index (χ0v) is 16.4. The van der Waals surface area contributed by atoms with Crippen molar-refractivity contribution in [3.05, 3.63) is 48.0 Å². The molecule has 0 unspecified atom stereocenters. The van der Waals surface area contributed by atoms with Crippen molar-refractivity contribution in [3.8, 4) is 0 Å². The number of unbranched alkanes of at least 4 members (excludes halogenated alkanes) is 3. The minimum Gasteiger partial charge on any atom is -0.447 e. The summed E-state index contributed by atoms with van der Waals surface area (Å²) in [5, 5.41) is 10.5. The van der Waals surface area contributed by atoms with Gasteiger partial charge in [0.25, 0.3) is 0 Å². The van der Waals surface area contributed by atoms with E-state index < -0.39 is 18.1 Å². The third kappa shape index (κ3) is 5.67. The minimum atomic E-state index is -0.954. The summed E-state index contributed by atoms with van der Waals surface area (Å²) in [5.74, 6) is -1.02. The molecule has 27 heavy (non-hydrogen) atoms. The van der Waals surface area contributed by atoms with Crippen molar-refractivity contribution in [2.24, 2.45) is 5.92 Å². The number of carbonyl (C=O) groups is 2. The number of imide groups is 1. The Bertz CT molecular complexity index is 643. The topological polar surface area (TPSA) is 66.8 Å². The van der Waals surface area contributed by atoms with E-state index in [-0.39, 0.29) is 18.6 Å². The van der Waals surface area contributed by atoms with E-state index >= 15 is 0 Å². The second-order valence-corrected chi connectivity index (χ2v) is 7.38. The number of benzene rings is 1. The lowest BCUT2D eigenvalue weighted by Crippen LogP contribution is -2.46. The first kappa shape index (κ1) is 21.2. The van der Waals surface area contributed by atoms with Crippen molar-refractivity contribution in [3.63, 3.8) is 0 Å². The Labute approximate surface area is 162 Å². The van der Waals surface area contributed by atoms with Gasteiger partial charge in [0.15, 0.2) is 0 Å². The van der Waals surface area contributed by atoms with E-state index in [1.165, 1.54) is 4.90 Å². The second kappa shape index (κ2) is 10.3. The molecular weight excluding hydrogens is 342 g/mol. The molecule has 0 bridgehead atoms. The van der Waals surface area contributed by atoms with Crippen LogP contribution in [0.4, 0.5) is 4.79 Å². The summed E-state index contributed by atoms with van der Waals surface area (Å²) in [7, 11) is 0. The van der Waals surface area contributed by atoms with Crippen LogP contribution in [0.15, 0.2) is 42.5 Å². The molecular formula is C22H31NO4. The Morgan fingerprint density at radius 2 is 2.00 bits per heavy atom. The Balaban J connectivity index is 2.14. The van der Waals surface area contributed by atoms with Gasteiger partial charge in [-0.25, -0.2) is 9.69 Å². The molecule has 148 valence electrons. The predicted molar refractivity (Wildman–Crippen MR) is 105 cm³/mol. The number of cyclic esters (lactones) is 1. The van der Waals surface area contributed by atoms with Crippen molar-refractivity contribution >= 4 is 12.0 Å². The van der Waals surface area contributed by atoms with Gasteiger partial charge >= 0.3 is 6.09 Å². The third-order valence-corrected chi connectivity index (χ3v) is 5.08. The lowest BCUT2D eigenvalue weighted by Gasteiger charge is -2.28. The molecule has 0 spiro atoms. The Morgan fingerprint density at radius 1 is 1.30 bits per heavy atom. The standard InChI is InChI=1S/C22H31NO4/c1-4-5-6-10-13-19(20(24)16(2)3)21(25)23-18(15-27-22(23)26)14-17-11-8-7-9-12-17/h7-9,11-12,18-20,24H,2,4-6,10,13-15H2,1,3H3/t18-,19-,20+/m1/s1. The number of amides is 2. The number of hydrogen-bond acceptors (Lipinski definition) is 4. The molecule has 1 N–H and O–H groups in total. The van der Waals surface area contributed by atoms with Gasteiger partial charge in [-0.2, -0.15) is 0 Å². The molecule has 2 amide bonds. The summed E-state index contributed by atoms with van der Waals surface area (Å²) in [6.45, 7) is 7.82. The SMILES string of the molecule is C=C(C)[C@H](O)[C@@H](CCCCCC)C(=O)N1C(=O)OC[C@H]1Cc1ccccc1. The molecule has 2 rings (SSSR count). The van der Waals surface area contributed by atoms with Gasteiger partial charge in [0.2, 0.25) is 5.91 Å². The normalized spacial score (nSPS) is 18.9. The van der Waals surface area contributed by atoms with E-state index in [0.717, 1.165) is 31.2 Å². The fourth-order valence-electron chi connectivity index (χ4n) is 3.50. The van der Waals surface area contributed by atoms with Crippen LogP contribution in [0.25, 0.3) is 0 Å². The van der Waals surface area contributed by atoms with Crippen molar-refractivity contribution in [2.45, 2.75) is 64.5 Å². The second-order valence-electron chi connectivity index (χ2n) is 7.38. The van der Waals surface area contributed by atoms with Gasteiger partial charge in [-0.15, -0.1) is 0 Å². The summed E-state index contributed by atoms with van der Waals surface area (Å²) < 4.78 is 5.17. The number of aliphatic hydroxyl groups excluding tert-OH is 1. The number of hydrogen-bond donors (Lipinski definition) is 1. The maximum absolute atomic E-state index is 13.2. The highest BCUT2D eigenvalue weighted by atomic mass is 16.6. The van der Waals surface area contributed by atoms with E-state index in [9.17, 15) is 14.7 Å². The maximum Gasteiger partial charge on any atom is 0.416 e. The van der Waals surface area contributed by atoms with Crippen molar-refractivity contribution in [1.29, 1.82) is 0 Å². The summed E-state index contributed by atoms with van der Waals surface area (Å²) in [5.41, 5.74) is 1.58. The molecule has 0 aliphatic carbocycles. The van der Waals surface area contributed by atoms with Crippen molar-refractivity contribution in [1.82, 2.24) is 4.90 Å². The molecule has 1 aliphatic heterocycles. The number of aliphatic hydroxyl groups is 1. The Hall–Kier alpha value is -2.14. The van der Waals surface area contributed by atoms with E-state index in [2.05, 4.69) is 13.5 Å². The van der Waals surface area contributed by atoms with Gasteiger partial charge in [-0.1, -0.05) is 75.1 Å². The van der Waals surface area contributed by atoms with Crippen LogP contribution in [0.2, 0.25) is 0 Å². The molecule has 1 heterocycles. The van der Waals surface area contributed by atoms with Crippen LogP contribution in [0.1, 0.15) is 51.5 Å². The molecule has 1 aromatic carbocycles. The maximum atomic E-state index is 13.2. The summed E-state index contributed by atoms with van der Waals surface area (Å²) >= 11 is 0. The van der Waals surface area contributed by atoms with Crippen LogP contribution in [-0.2, 0) is 16.0 Å². The smallest absolute Gasteiger partial charge is 0.416 e. The average Bonchev–Trinajstić information content (AvgIpc) is 3.01. The monoisotopic (exact) mass is 373 g/mol. The van der Waals surface area contributed by atoms with E-state index in [0.29, 0.717) is 18.4 Å². The fourth-order valence-corrected chi connectivity index (χ4v) is 3.50. The largest absolute Gasteiger partial charge is 0.447 e. The first-order valence-corrected chi connectivity index (χ1v) is 9.82. The van der Waals surface area contributed by atoms with Crippen LogP contribution in [0.5, 0.6) is 0 Å². The molecule has 1 aromatic rings. The van der Waals surface area contributed by atoms with Crippen LogP contribution < -0.4 is 0 Å². The van der Waals surface area contributed by atoms with Crippen LogP contribution in [0, 0.1) is 5.92 Å². The Kier molecular flexibility index (Phi) is 8.04. The zero-order chi connectivity index (χ0) is 19.8. The lowest BCUT2D eigenvalue weighted by molar-refractivity contribution is -0.136. The summed E-state index contributed by atoms with van der Waals surface area (Å²) in [6, 6.07) is 9.38. The minimum absolute atomic E-state index is 0.186. The first-order chi connectivity index (χ1) is 13.0. The van der Waals surface area contributed by atoms with E-state index in [1.807, 2.05) is 30.3 Å². The molecule has 3 atom stereocenters.